The highest BCUT2D eigenvalue weighted by atomic mass is 35.5. The van der Waals surface area contributed by atoms with E-state index in [0.29, 0.717) is 24.9 Å². The number of hydrogen-bond acceptors (Lipinski definition) is 3. The Kier molecular flexibility index (Phi) is 3.52. The van der Waals surface area contributed by atoms with Crippen LogP contribution in [0.3, 0.4) is 0 Å². The van der Waals surface area contributed by atoms with Crippen LogP contribution in [0.15, 0.2) is 18.2 Å². The number of urea groups is 1. The van der Waals surface area contributed by atoms with Gasteiger partial charge in [0.15, 0.2) is 0 Å². The van der Waals surface area contributed by atoms with E-state index >= 15 is 0 Å². The van der Waals surface area contributed by atoms with Crippen LogP contribution in [-0.4, -0.2) is 23.4 Å². The van der Waals surface area contributed by atoms with Gasteiger partial charge in [-0.2, -0.15) is 0 Å². The molecule has 1 heterocycles. The predicted octanol–water partition coefficient (Wildman–Crippen LogP) is 1.80. The van der Waals surface area contributed by atoms with E-state index < -0.39 is 35.1 Å². The van der Waals surface area contributed by atoms with Crippen LogP contribution in [-0.2, 0) is 9.59 Å². The minimum atomic E-state index is -1.19. The van der Waals surface area contributed by atoms with Gasteiger partial charge in [0, 0.05) is 5.69 Å². The van der Waals surface area contributed by atoms with E-state index in [1.807, 2.05) is 0 Å². The normalized spacial score (nSPS) is 26.9. The average molecular weight is 326 g/mol. The fourth-order valence-corrected chi connectivity index (χ4v) is 3.27. The molecule has 1 saturated heterocycles. The van der Waals surface area contributed by atoms with E-state index in [0.717, 1.165) is 6.07 Å². The number of anilines is 1. The van der Waals surface area contributed by atoms with Crippen LogP contribution >= 0.6 is 11.6 Å². The highest BCUT2D eigenvalue weighted by molar-refractivity contribution is 6.31. The Morgan fingerprint density at radius 3 is 2.82 bits per heavy atom. The predicted molar refractivity (Wildman–Crippen MR) is 76.8 cm³/mol. The van der Waals surface area contributed by atoms with Crippen molar-refractivity contribution in [2.24, 2.45) is 5.92 Å². The van der Waals surface area contributed by atoms with Crippen molar-refractivity contribution in [3.05, 3.63) is 29.0 Å². The summed E-state index contributed by atoms with van der Waals surface area (Å²) in [5.74, 6) is -2.15. The Balaban J connectivity index is 1.81. The summed E-state index contributed by atoms with van der Waals surface area (Å²) in [6.07, 6.45) is 1.54. The summed E-state index contributed by atoms with van der Waals surface area (Å²) in [5.41, 5.74) is -0.853. The van der Waals surface area contributed by atoms with Crippen LogP contribution in [0.2, 0.25) is 5.02 Å². The van der Waals surface area contributed by atoms with Crippen LogP contribution < -0.4 is 16.0 Å². The minimum absolute atomic E-state index is 0.106. The second-order valence-electron chi connectivity index (χ2n) is 5.44. The van der Waals surface area contributed by atoms with Crippen molar-refractivity contribution in [2.45, 2.75) is 24.8 Å². The van der Waals surface area contributed by atoms with Gasteiger partial charge in [0.05, 0.1) is 10.9 Å². The van der Waals surface area contributed by atoms with Gasteiger partial charge in [-0.25, -0.2) is 9.18 Å². The number of nitrogens with one attached hydrogen (secondary N) is 3. The number of hydrogen-bond donors (Lipinski definition) is 3. The molecule has 1 aromatic rings. The van der Waals surface area contributed by atoms with Gasteiger partial charge in [0.2, 0.25) is 5.91 Å². The SMILES string of the molecule is O=C1NC(=O)C2(CCCC2C(=O)Nc2ccc(F)c(Cl)c2)N1. The number of carbonyl (C=O) groups is 3. The molecule has 116 valence electrons. The molecule has 0 aromatic heterocycles. The number of benzene rings is 1. The zero-order valence-corrected chi connectivity index (χ0v) is 12.2. The first-order valence-corrected chi connectivity index (χ1v) is 7.20. The maximum absolute atomic E-state index is 13.1. The van der Waals surface area contributed by atoms with Crippen molar-refractivity contribution in [1.82, 2.24) is 10.6 Å². The van der Waals surface area contributed by atoms with E-state index in [2.05, 4.69) is 16.0 Å². The Labute approximate surface area is 130 Å². The second-order valence-corrected chi connectivity index (χ2v) is 5.85. The van der Waals surface area contributed by atoms with Gasteiger partial charge in [-0.05, 0) is 37.5 Å². The van der Waals surface area contributed by atoms with E-state index in [-0.39, 0.29) is 5.02 Å². The summed E-state index contributed by atoms with van der Waals surface area (Å²) in [6, 6.07) is 3.24. The smallest absolute Gasteiger partial charge is 0.322 e. The van der Waals surface area contributed by atoms with Crippen LogP contribution in [0.1, 0.15) is 19.3 Å². The number of carbonyl (C=O) groups excluding carboxylic acids is 3. The molecular formula is C14H13ClFN3O3. The highest BCUT2D eigenvalue weighted by Crippen LogP contribution is 2.38. The van der Waals surface area contributed by atoms with Gasteiger partial charge in [-0.3, -0.25) is 14.9 Å². The molecular weight excluding hydrogens is 313 g/mol. The van der Waals surface area contributed by atoms with Gasteiger partial charge >= 0.3 is 6.03 Å². The zero-order chi connectivity index (χ0) is 15.9. The van der Waals surface area contributed by atoms with Crippen LogP contribution in [0.25, 0.3) is 0 Å². The summed E-state index contributed by atoms with van der Waals surface area (Å²) in [7, 11) is 0. The van der Waals surface area contributed by atoms with Crippen molar-refractivity contribution in [3.8, 4) is 0 Å². The molecule has 22 heavy (non-hydrogen) atoms. The Morgan fingerprint density at radius 2 is 2.18 bits per heavy atom. The number of imide groups is 1. The summed E-state index contributed by atoms with van der Waals surface area (Å²) < 4.78 is 13.1. The van der Waals surface area contributed by atoms with Crippen LogP contribution in [0.5, 0.6) is 0 Å². The van der Waals surface area contributed by atoms with E-state index in [4.69, 9.17) is 11.6 Å². The molecule has 1 saturated carbocycles. The monoisotopic (exact) mass is 325 g/mol. The number of amides is 4. The molecule has 1 aromatic carbocycles. The van der Waals surface area contributed by atoms with Crippen molar-refractivity contribution >= 4 is 35.1 Å². The largest absolute Gasteiger partial charge is 0.326 e. The topological polar surface area (TPSA) is 87.3 Å². The maximum atomic E-state index is 13.1. The molecule has 2 aliphatic rings. The standard InChI is InChI=1S/C14H13ClFN3O3/c15-9-6-7(3-4-10(9)16)17-11(20)8-2-1-5-14(8)12(21)18-13(22)19-14/h3-4,6,8H,1-2,5H2,(H,17,20)(H2,18,19,21,22). The van der Waals surface area contributed by atoms with Crippen molar-refractivity contribution < 1.29 is 18.8 Å². The lowest BCUT2D eigenvalue weighted by Crippen LogP contribution is -2.53. The lowest BCUT2D eigenvalue weighted by atomic mass is 9.86. The van der Waals surface area contributed by atoms with Gasteiger partial charge in [0.25, 0.3) is 5.91 Å². The maximum Gasteiger partial charge on any atom is 0.322 e. The summed E-state index contributed by atoms with van der Waals surface area (Å²) in [4.78, 5) is 35.9. The lowest BCUT2D eigenvalue weighted by molar-refractivity contribution is -0.131. The molecule has 3 N–H and O–H groups in total. The molecule has 0 bridgehead atoms. The second kappa shape index (κ2) is 5.24. The third-order valence-electron chi connectivity index (χ3n) is 4.13. The van der Waals surface area contributed by atoms with Crippen molar-refractivity contribution in [1.29, 1.82) is 0 Å². The molecule has 6 nitrogen and oxygen atoms in total. The van der Waals surface area contributed by atoms with E-state index in [1.165, 1.54) is 12.1 Å². The molecule has 8 heteroatoms. The first-order chi connectivity index (χ1) is 10.4. The van der Waals surface area contributed by atoms with Crippen molar-refractivity contribution in [2.75, 3.05) is 5.32 Å². The Bertz CT molecular complexity index is 681. The Morgan fingerprint density at radius 1 is 1.41 bits per heavy atom. The molecule has 2 unspecified atom stereocenters. The first-order valence-electron chi connectivity index (χ1n) is 6.82. The molecule has 2 atom stereocenters. The highest BCUT2D eigenvalue weighted by Gasteiger charge is 2.57. The van der Waals surface area contributed by atoms with Crippen LogP contribution in [0, 0.1) is 11.7 Å². The summed E-state index contributed by atoms with van der Waals surface area (Å²) in [5, 5.41) is 7.26. The Hall–Kier alpha value is -2.15. The summed E-state index contributed by atoms with van der Waals surface area (Å²) >= 11 is 5.67. The van der Waals surface area contributed by atoms with Gasteiger partial charge in [-0.1, -0.05) is 11.6 Å². The molecule has 1 aliphatic heterocycles. The van der Waals surface area contributed by atoms with Gasteiger partial charge in [0.1, 0.15) is 11.4 Å². The fourth-order valence-electron chi connectivity index (χ4n) is 3.09. The van der Waals surface area contributed by atoms with E-state index in [1.54, 1.807) is 0 Å². The molecule has 1 aliphatic carbocycles. The zero-order valence-electron chi connectivity index (χ0n) is 11.4. The average Bonchev–Trinajstić information content (AvgIpc) is 2.99. The first kappa shape index (κ1) is 14.8. The molecule has 2 fully saturated rings. The van der Waals surface area contributed by atoms with Crippen LogP contribution in [0.4, 0.5) is 14.9 Å². The fraction of sp³-hybridized carbons (Fsp3) is 0.357. The number of rotatable bonds is 2. The molecule has 0 radical (unpaired) electrons. The van der Waals surface area contributed by atoms with Crippen molar-refractivity contribution in [3.63, 3.8) is 0 Å². The minimum Gasteiger partial charge on any atom is -0.326 e. The van der Waals surface area contributed by atoms with Gasteiger partial charge < -0.3 is 10.6 Å². The molecule has 1 spiro atoms. The molecule has 3 rings (SSSR count). The van der Waals surface area contributed by atoms with Gasteiger partial charge in [-0.15, -0.1) is 0 Å². The third-order valence-corrected chi connectivity index (χ3v) is 4.42. The number of halogens is 2. The summed E-state index contributed by atoms with van der Waals surface area (Å²) in [6.45, 7) is 0. The molecule has 4 amide bonds. The van der Waals surface area contributed by atoms with E-state index in [9.17, 15) is 18.8 Å². The third kappa shape index (κ3) is 2.31. The lowest BCUT2D eigenvalue weighted by Gasteiger charge is -2.27. The quantitative estimate of drug-likeness (QED) is 0.724.